The molecule has 1 aliphatic rings. The number of carbonyl (C=O) groups is 2. The second-order valence-corrected chi connectivity index (χ2v) is 5.32. The van der Waals surface area contributed by atoms with E-state index in [4.69, 9.17) is 4.74 Å². The summed E-state index contributed by atoms with van der Waals surface area (Å²) in [4.78, 5) is 23.6. The molecule has 1 fully saturated rings. The molecule has 2 rings (SSSR count). The van der Waals surface area contributed by atoms with Crippen LogP contribution < -0.4 is 16.0 Å². The highest BCUT2D eigenvalue weighted by Crippen LogP contribution is 2.17. The number of benzene rings is 1. The number of hydrogen-bond donors (Lipinski definition) is 3. The van der Waals surface area contributed by atoms with Crippen LogP contribution >= 0.6 is 0 Å². The minimum Gasteiger partial charge on any atom is -0.368 e. The van der Waals surface area contributed by atoms with E-state index in [0.717, 1.165) is 31.5 Å². The quantitative estimate of drug-likeness (QED) is 0.670. The smallest absolute Gasteiger partial charge is 0.253 e. The van der Waals surface area contributed by atoms with Gasteiger partial charge in [-0.05, 0) is 57.1 Å². The van der Waals surface area contributed by atoms with Gasteiger partial charge in [0.05, 0.1) is 0 Å². The van der Waals surface area contributed by atoms with Crippen molar-refractivity contribution in [3.8, 4) is 0 Å². The Morgan fingerprint density at radius 2 is 1.86 bits per heavy atom. The standard InChI is InChI=1S/C16H23N3O3/c1-17-10-2-5-15(20)18-12-6-8-13(9-7-12)19-16(21)14-4-3-11-22-14/h6-9,14,17H,2-5,10-11H2,1H3,(H,18,20)(H,19,21). The number of nitrogens with one attached hydrogen (secondary N) is 3. The Bertz CT molecular complexity index is 496. The molecule has 0 aliphatic carbocycles. The summed E-state index contributed by atoms with van der Waals surface area (Å²) in [5.74, 6) is -0.118. The van der Waals surface area contributed by atoms with Crippen LogP contribution in [0.5, 0.6) is 0 Å². The van der Waals surface area contributed by atoms with E-state index >= 15 is 0 Å². The fraction of sp³-hybridized carbons (Fsp3) is 0.500. The van der Waals surface area contributed by atoms with Crippen molar-refractivity contribution in [3.05, 3.63) is 24.3 Å². The van der Waals surface area contributed by atoms with Gasteiger partial charge in [-0.3, -0.25) is 9.59 Å². The van der Waals surface area contributed by atoms with Gasteiger partial charge in [0.2, 0.25) is 5.91 Å². The average Bonchev–Trinajstić information content (AvgIpc) is 3.04. The maximum atomic E-state index is 11.9. The van der Waals surface area contributed by atoms with E-state index in [0.29, 0.717) is 18.7 Å². The van der Waals surface area contributed by atoms with E-state index in [1.54, 1.807) is 24.3 Å². The van der Waals surface area contributed by atoms with Crippen molar-refractivity contribution in [1.29, 1.82) is 0 Å². The first kappa shape index (κ1) is 16.5. The van der Waals surface area contributed by atoms with Crippen molar-refractivity contribution in [1.82, 2.24) is 5.32 Å². The fourth-order valence-electron chi connectivity index (χ4n) is 2.29. The third kappa shape index (κ3) is 5.13. The van der Waals surface area contributed by atoms with Crippen molar-refractivity contribution in [2.75, 3.05) is 30.8 Å². The van der Waals surface area contributed by atoms with Crippen LogP contribution in [0.3, 0.4) is 0 Å². The number of amides is 2. The first-order valence-electron chi connectivity index (χ1n) is 7.66. The molecular weight excluding hydrogens is 282 g/mol. The van der Waals surface area contributed by atoms with Gasteiger partial charge in [0.15, 0.2) is 0 Å². The number of anilines is 2. The van der Waals surface area contributed by atoms with Gasteiger partial charge in [0.25, 0.3) is 5.91 Å². The predicted octanol–water partition coefficient (Wildman–Crippen LogP) is 1.74. The van der Waals surface area contributed by atoms with Crippen LogP contribution in [0.1, 0.15) is 25.7 Å². The summed E-state index contributed by atoms with van der Waals surface area (Å²) in [7, 11) is 1.86. The second kappa shape index (κ2) is 8.51. The van der Waals surface area contributed by atoms with E-state index in [-0.39, 0.29) is 17.9 Å². The second-order valence-electron chi connectivity index (χ2n) is 5.32. The lowest BCUT2D eigenvalue weighted by Gasteiger charge is -2.11. The van der Waals surface area contributed by atoms with Crippen LogP contribution in [0.4, 0.5) is 11.4 Å². The molecule has 0 saturated carbocycles. The summed E-state index contributed by atoms with van der Waals surface area (Å²) in [5, 5.41) is 8.66. The van der Waals surface area contributed by atoms with Crippen LogP contribution in [0.25, 0.3) is 0 Å². The lowest BCUT2D eigenvalue weighted by molar-refractivity contribution is -0.124. The highest BCUT2D eigenvalue weighted by atomic mass is 16.5. The molecule has 0 spiro atoms. The fourth-order valence-corrected chi connectivity index (χ4v) is 2.29. The van der Waals surface area contributed by atoms with Crippen molar-refractivity contribution in [3.63, 3.8) is 0 Å². The Balaban J connectivity index is 1.79. The van der Waals surface area contributed by atoms with Crippen LogP contribution in [0.2, 0.25) is 0 Å². The van der Waals surface area contributed by atoms with Crippen LogP contribution in [-0.4, -0.2) is 38.1 Å². The normalized spacial score (nSPS) is 17.2. The zero-order valence-electron chi connectivity index (χ0n) is 12.9. The predicted molar refractivity (Wildman–Crippen MR) is 85.8 cm³/mol. The van der Waals surface area contributed by atoms with Crippen molar-refractivity contribution in [2.24, 2.45) is 0 Å². The van der Waals surface area contributed by atoms with Crippen LogP contribution in [0.15, 0.2) is 24.3 Å². The van der Waals surface area contributed by atoms with E-state index in [9.17, 15) is 9.59 Å². The number of carbonyl (C=O) groups excluding carboxylic acids is 2. The van der Waals surface area contributed by atoms with Gasteiger partial charge in [0.1, 0.15) is 6.10 Å². The Morgan fingerprint density at radius 3 is 2.45 bits per heavy atom. The highest BCUT2D eigenvalue weighted by Gasteiger charge is 2.23. The number of hydrogen-bond acceptors (Lipinski definition) is 4. The summed E-state index contributed by atoms with van der Waals surface area (Å²) in [6.45, 7) is 1.47. The SMILES string of the molecule is CNCCCC(=O)Nc1ccc(NC(=O)C2CCCO2)cc1. The summed E-state index contributed by atoms with van der Waals surface area (Å²) in [6, 6.07) is 7.11. The summed E-state index contributed by atoms with van der Waals surface area (Å²) < 4.78 is 5.34. The monoisotopic (exact) mass is 305 g/mol. The molecule has 120 valence electrons. The first-order chi connectivity index (χ1) is 10.7. The van der Waals surface area contributed by atoms with Gasteiger partial charge >= 0.3 is 0 Å². The van der Waals surface area contributed by atoms with E-state index in [1.807, 2.05) is 7.05 Å². The van der Waals surface area contributed by atoms with Gasteiger partial charge in [-0.1, -0.05) is 0 Å². The van der Waals surface area contributed by atoms with Gasteiger partial charge < -0.3 is 20.7 Å². The van der Waals surface area contributed by atoms with Gasteiger partial charge in [-0.2, -0.15) is 0 Å². The van der Waals surface area contributed by atoms with Crippen LogP contribution in [0, 0.1) is 0 Å². The van der Waals surface area contributed by atoms with Gasteiger partial charge in [-0.15, -0.1) is 0 Å². The lowest BCUT2D eigenvalue weighted by atomic mass is 10.2. The summed E-state index contributed by atoms with van der Waals surface area (Å²) >= 11 is 0. The molecule has 1 unspecified atom stereocenters. The summed E-state index contributed by atoms with van der Waals surface area (Å²) in [6.07, 6.45) is 2.64. The zero-order chi connectivity index (χ0) is 15.8. The largest absolute Gasteiger partial charge is 0.368 e. The third-order valence-electron chi connectivity index (χ3n) is 3.49. The highest BCUT2D eigenvalue weighted by molar-refractivity contribution is 5.95. The molecule has 3 N–H and O–H groups in total. The molecular formula is C16H23N3O3. The molecule has 0 radical (unpaired) electrons. The summed E-state index contributed by atoms with van der Waals surface area (Å²) in [5.41, 5.74) is 1.43. The molecule has 6 heteroatoms. The maximum Gasteiger partial charge on any atom is 0.253 e. The number of rotatable bonds is 7. The molecule has 6 nitrogen and oxygen atoms in total. The van der Waals surface area contributed by atoms with E-state index in [1.165, 1.54) is 0 Å². The molecule has 1 aromatic rings. The molecule has 22 heavy (non-hydrogen) atoms. The minimum absolute atomic E-state index is 0.00797. The third-order valence-corrected chi connectivity index (χ3v) is 3.49. The minimum atomic E-state index is -0.341. The van der Waals surface area contributed by atoms with Gasteiger partial charge in [0, 0.05) is 24.4 Å². The van der Waals surface area contributed by atoms with Crippen molar-refractivity contribution < 1.29 is 14.3 Å². The zero-order valence-corrected chi connectivity index (χ0v) is 12.9. The van der Waals surface area contributed by atoms with Crippen molar-refractivity contribution >= 4 is 23.2 Å². The molecule has 2 amide bonds. The Morgan fingerprint density at radius 1 is 1.18 bits per heavy atom. The first-order valence-corrected chi connectivity index (χ1v) is 7.66. The molecule has 1 atom stereocenters. The Hall–Kier alpha value is -1.92. The average molecular weight is 305 g/mol. The van der Waals surface area contributed by atoms with E-state index < -0.39 is 0 Å². The Labute approximate surface area is 130 Å². The van der Waals surface area contributed by atoms with Crippen molar-refractivity contribution in [2.45, 2.75) is 31.8 Å². The maximum absolute atomic E-state index is 11.9. The topological polar surface area (TPSA) is 79.5 Å². The van der Waals surface area contributed by atoms with E-state index in [2.05, 4.69) is 16.0 Å². The lowest BCUT2D eigenvalue weighted by Crippen LogP contribution is -2.26. The molecule has 0 bridgehead atoms. The molecule has 1 saturated heterocycles. The molecule has 1 aliphatic heterocycles. The molecule has 0 aromatic heterocycles. The van der Waals surface area contributed by atoms with Gasteiger partial charge in [-0.25, -0.2) is 0 Å². The van der Waals surface area contributed by atoms with Crippen LogP contribution in [-0.2, 0) is 14.3 Å². The molecule has 1 heterocycles. The molecule has 1 aromatic carbocycles. The number of ether oxygens (including phenoxy) is 1. The Kier molecular flexibility index (Phi) is 6.36.